The van der Waals surface area contributed by atoms with Crippen molar-refractivity contribution in [3.63, 3.8) is 0 Å². The maximum atomic E-state index is 12.4. The molecule has 0 aliphatic heterocycles. The van der Waals surface area contributed by atoms with E-state index in [1.165, 1.54) is 6.20 Å². The minimum absolute atomic E-state index is 0.317. The van der Waals surface area contributed by atoms with Crippen molar-refractivity contribution in [3.8, 4) is 0 Å². The molecule has 0 aliphatic carbocycles. The van der Waals surface area contributed by atoms with Gasteiger partial charge in [-0.3, -0.25) is 4.79 Å². The Morgan fingerprint density at radius 1 is 1.16 bits per heavy atom. The number of nitrogens with one attached hydrogen (secondary N) is 2. The molecule has 0 saturated heterocycles. The summed E-state index contributed by atoms with van der Waals surface area (Å²) in [5.41, 5.74) is 0.358. The van der Waals surface area contributed by atoms with Crippen molar-refractivity contribution in [1.29, 1.82) is 0 Å². The van der Waals surface area contributed by atoms with E-state index in [0.29, 0.717) is 42.5 Å². The summed E-state index contributed by atoms with van der Waals surface area (Å²) in [6, 6.07) is 6.55. The van der Waals surface area contributed by atoms with E-state index in [2.05, 4.69) is 25.6 Å². The molecule has 3 rings (SSSR count). The molecule has 0 saturated carbocycles. The average Bonchev–Trinajstić information content (AvgIpc) is 2.98. The normalized spacial score (nSPS) is 10.6. The molecule has 1 amide bonds. The Balaban J connectivity index is 1.75. The minimum Gasteiger partial charge on any atom is -0.319 e. The predicted octanol–water partition coefficient (Wildman–Crippen LogP) is 5.20. The SMILES string of the molecule is Cc1nc(Cl)cc(Nc2ncc(C(=O)Nc3c(Cl)cccc3Cl)s2)n1. The number of halogens is 3. The monoisotopic (exact) mass is 413 g/mol. The Bertz CT molecular complexity index is 906. The van der Waals surface area contributed by atoms with Crippen LogP contribution in [0.4, 0.5) is 16.6 Å². The number of thiazole rings is 1. The van der Waals surface area contributed by atoms with Crippen LogP contribution in [0.25, 0.3) is 0 Å². The zero-order valence-electron chi connectivity index (χ0n) is 12.7. The number of benzene rings is 1. The van der Waals surface area contributed by atoms with Crippen molar-refractivity contribution in [2.24, 2.45) is 0 Å². The van der Waals surface area contributed by atoms with Crippen molar-refractivity contribution >= 4 is 68.7 Å². The number of hydrogen-bond donors (Lipinski definition) is 2. The molecular weight excluding hydrogens is 405 g/mol. The highest BCUT2D eigenvalue weighted by molar-refractivity contribution is 7.17. The molecule has 2 N–H and O–H groups in total. The molecule has 0 unspecified atom stereocenters. The van der Waals surface area contributed by atoms with Crippen LogP contribution in [0.1, 0.15) is 15.5 Å². The van der Waals surface area contributed by atoms with Gasteiger partial charge in [-0.1, -0.05) is 52.2 Å². The fraction of sp³-hybridized carbons (Fsp3) is 0.0667. The van der Waals surface area contributed by atoms with E-state index in [9.17, 15) is 4.79 Å². The summed E-state index contributed by atoms with van der Waals surface area (Å²) >= 11 is 19.2. The number of para-hydroxylation sites is 1. The first kappa shape index (κ1) is 17.9. The van der Waals surface area contributed by atoms with Gasteiger partial charge in [-0.15, -0.1) is 0 Å². The third kappa shape index (κ3) is 4.38. The number of anilines is 3. The Morgan fingerprint density at radius 3 is 2.56 bits per heavy atom. The van der Waals surface area contributed by atoms with Crippen molar-refractivity contribution < 1.29 is 4.79 Å². The molecule has 2 heterocycles. The summed E-state index contributed by atoms with van der Waals surface area (Å²) in [5.74, 6) is 0.656. The van der Waals surface area contributed by atoms with Crippen LogP contribution < -0.4 is 10.6 Å². The van der Waals surface area contributed by atoms with Crippen LogP contribution in [0, 0.1) is 6.92 Å². The van der Waals surface area contributed by atoms with Crippen LogP contribution in [0.2, 0.25) is 15.2 Å². The molecule has 0 atom stereocenters. The van der Waals surface area contributed by atoms with Crippen molar-refractivity contribution in [3.05, 3.63) is 56.4 Å². The number of aromatic nitrogens is 3. The van der Waals surface area contributed by atoms with Gasteiger partial charge in [-0.2, -0.15) is 0 Å². The first-order valence-electron chi connectivity index (χ1n) is 6.92. The number of rotatable bonds is 4. The van der Waals surface area contributed by atoms with E-state index in [1.54, 1.807) is 31.2 Å². The minimum atomic E-state index is -0.363. The van der Waals surface area contributed by atoms with Crippen LogP contribution in [0.15, 0.2) is 30.5 Å². The highest BCUT2D eigenvalue weighted by Gasteiger charge is 2.15. The predicted molar refractivity (Wildman–Crippen MR) is 102 cm³/mol. The van der Waals surface area contributed by atoms with Gasteiger partial charge in [-0.05, 0) is 19.1 Å². The lowest BCUT2D eigenvalue weighted by atomic mass is 10.3. The van der Waals surface area contributed by atoms with Gasteiger partial charge in [0, 0.05) is 6.07 Å². The lowest BCUT2D eigenvalue weighted by Gasteiger charge is -2.07. The Hall–Kier alpha value is -1.93. The smallest absolute Gasteiger partial charge is 0.267 e. The second-order valence-corrected chi connectivity index (χ2v) is 7.06. The van der Waals surface area contributed by atoms with E-state index in [-0.39, 0.29) is 5.91 Å². The Labute approximate surface area is 162 Å². The van der Waals surface area contributed by atoms with Crippen LogP contribution in [-0.2, 0) is 0 Å². The zero-order valence-corrected chi connectivity index (χ0v) is 15.8. The number of amides is 1. The molecule has 0 bridgehead atoms. The van der Waals surface area contributed by atoms with Gasteiger partial charge in [0.05, 0.1) is 21.9 Å². The molecule has 1 aromatic carbocycles. The molecule has 128 valence electrons. The van der Waals surface area contributed by atoms with E-state index in [1.807, 2.05) is 0 Å². The second-order valence-electron chi connectivity index (χ2n) is 4.83. The fourth-order valence-electron chi connectivity index (χ4n) is 1.93. The van der Waals surface area contributed by atoms with Crippen molar-refractivity contribution in [1.82, 2.24) is 15.0 Å². The maximum Gasteiger partial charge on any atom is 0.267 e. The topological polar surface area (TPSA) is 79.8 Å². The molecule has 3 aromatic rings. The highest BCUT2D eigenvalue weighted by atomic mass is 35.5. The number of hydrogen-bond acceptors (Lipinski definition) is 6. The molecular formula is C15H10Cl3N5OS. The van der Waals surface area contributed by atoms with E-state index in [0.717, 1.165) is 11.3 Å². The van der Waals surface area contributed by atoms with Crippen molar-refractivity contribution in [2.45, 2.75) is 6.92 Å². The van der Waals surface area contributed by atoms with Gasteiger partial charge in [0.15, 0.2) is 5.13 Å². The van der Waals surface area contributed by atoms with Crippen LogP contribution in [0.3, 0.4) is 0 Å². The lowest BCUT2D eigenvalue weighted by Crippen LogP contribution is -2.10. The lowest BCUT2D eigenvalue weighted by molar-refractivity contribution is 0.103. The van der Waals surface area contributed by atoms with Gasteiger partial charge >= 0.3 is 0 Å². The van der Waals surface area contributed by atoms with Crippen molar-refractivity contribution in [2.75, 3.05) is 10.6 Å². The molecule has 0 radical (unpaired) electrons. The molecule has 2 aromatic heterocycles. The third-order valence-electron chi connectivity index (χ3n) is 2.97. The second kappa shape index (κ2) is 7.53. The first-order chi connectivity index (χ1) is 11.9. The van der Waals surface area contributed by atoms with Gasteiger partial charge in [0.1, 0.15) is 21.7 Å². The zero-order chi connectivity index (χ0) is 18.0. The standard InChI is InChI=1S/C15H10Cl3N5OS/c1-7-20-11(18)5-12(21-7)22-15-19-6-10(25-15)14(24)23-13-8(16)3-2-4-9(13)17/h2-6H,1H3,(H,23,24)(H,19,20,21,22). The maximum absolute atomic E-state index is 12.4. The Morgan fingerprint density at radius 2 is 1.88 bits per heavy atom. The molecule has 0 aliphatic rings. The fourth-order valence-corrected chi connectivity index (χ4v) is 3.37. The van der Waals surface area contributed by atoms with Crippen LogP contribution >= 0.6 is 46.1 Å². The van der Waals surface area contributed by atoms with Gasteiger partial charge < -0.3 is 10.6 Å². The number of aryl methyl sites for hydroxylation is 1. The van der Waals surface area contributed by atoms with E-state index >= 15 is 0 Å². The van der Waals surface area contributed by atoms with E-state index in [4.69, 9.17) is 34.8 Å². The molecule has 6 nitrogen and oxygen atoms in total. The largest absolute Gasteiger partial charge is 0.319 e. The summed E-state index contributed by atoms with van der Waals surface area (Å²) in [5, 5.41) is 7.19. The number of carbonyl (C=O) groups excluding carboxylic acids is 1. The average molecular weight is 415 g/mol. The Kier molecular flexibility index (Phi) is 5.39. The first-order valence-corrected chi connectivity index (χ1v) is 8.87. The summed E-state index contributed by atoms with van der Waals surface area (Å²) < 4.78 is 0. The molecule has 0 fully saturated rings. The summed E-state index contributed by atoms with van der Waals surface area (Å²) in [6.07, 6.45) is 1.45. The quantitative estimate of drug-likeness (QED) is 0.574. The molecule has 10 heteroatoms. The number of carbonyl (C=O) groups is 1. The van der Waals surface area contributed by atoms with Gasteiger partial charge in [0.25, 0.3) is 5.91 Å². The summed E-state index contributed by atoms with van der Waals surface area (Å²) in [7, 11) is 0. The highest BCUT2D eigenvalue weighted by Crippen LogP contribution is 2.31. The number of nitrogens with zero attached hydrogens (tertiary/aromatic N) is 3. The van der Waals surface area contributed by atoms with Crippen LogP contribution in [-0.4, -0.2) is 20.9 Å². The van der Waals surface area contributed by atoms with Gasteiger partial charge in [-0.25, -0.2) is 15.0 Å². The summed E-state index contributed by atoms with van der Waals surface area (Å²) in [4.78, 5) is 25.1. The molecule has 25 heavy (non-hydrogen) atoms. The summed E-state index contributed by atoms with van der Waals surface area (Å²) in [6.45, 7) is 1.73. The van der Waals surface area contributed by atoms with Crippen LogP contribution in [0.5, 0.6) is 0 Å². The molecule has 0 spiro atoms. The van der Waals surface area contributed by atoms with Gasteiger partial charge in [0.2, 0.25) is 0 Å². The third-order valence-corrected chi connectivity index (χ3v) is 4.71. The van der Waals surface area contributed by atoms with E-state index < -0.39 is 0 Å².